The molecule has 23 heavy (non-hydrogen) atoms. The zero-order valence-corrected chi connectivity index (χ0v) is 19.0. The predicted molar refractivity (Wildman–Crippen MR) is 99.3 cm³/mol. The van der Waals surface area contributed by atoms with Gasteiger partial charge in [0.05, 0.1) is 0 Å². The summed E-state index contributed by atoms with van der Waals surface area (Å²) in [5.41, 5.74) is 0.946. The van der Waals surface area contributed by atoms with Gasteiger partial charge in [0.25, 0.3) is 0 Å². The Hall–Kier alpha value is 0.370. The number of halogens is 1. The van der Waals surface area contributed by atoms with Gasteiger partial charge in [-0.05, 0) is 63.8 Å². The summed E-state index contributed by atoms with van der Waals surface area (Å²) in [6.07, 6.45) is 6.79. The molecule has 0 spiro atoms. The van der Waals surface area contributed by atoms with Crippen molar-refractivity contribution < 1.29 is 20.0 Å². The van der Waals surface area contributed by atoms with Gasteiger partial charge in [-0.3, -0.25) is 0 Å². The third-order valence-electron chi connectivity index (χ3n) is 3.96. The molecule has 142 valence electrons. The molecule has 0 atom stereocenters. The van der Waals surface area contributed by atoms with E-state index in [0.29, 0.717) is 10.8 Å². The van der Waals surface area contributed by atoms with Crippen LogP contribution < -0.4 is 0 Å². The summed E-state index contributed by atoms with van der Waals surface area (Å²) in [4.78, 5) is 4.76. The van der Waals surface area contributed by atoms with Crippen LogP contribution in [0.25, 0.3) is 0 Å². The zero-order chi connectivity index (χ0) is 18.7. The van der Waals surface area contributed by atoms with E-state index in [1.54, 1.807) is 0 Å². The Kier molecular flexibility index (Phi) is 8.30. The van der Waals surface area contributed by atoms with Crippen LogP contribution in [0, 0.1) is 17.5 Å². The van der Waals surface area contributed by atoms with Crippen LogP contribution in [0.15, 0.2) is 12.4 Å². The standard InChI is InChI=1S/C19H37N2.Ag.ClH/c1-16(2,3)13-18(7,8)20-11-12-21(15-20)19(9,10)14-17(4,5)6;;/h11-12,15H,13-14H2,1-10H3;;1H/q-1;+1;/p-1. The van der Waals surface area contributed by atoms with Gasteiger partial charge in [0.15, 0.2) is 0 Å². The molecule has 0 aromatic carbocycles. The van der Waals surface area contributed by atoms with Gasteiger partial charge in [-0.25, -0.2) is 0 Å². The van der Waals surface area contributed by atoms with Gasteiger partial charge in [0.2, 0.25) is 0 Å². The van der Waals surface area contributed by atoms with Crippen LogP contribution in [-0.2, 0) is 20.0 Å². The Morgan fingerprint density at radius 3 is 1.17 bits per heavy atom. The molecule has 2 nitrogen and oxygen atoms in total. The van der Waals surface area contributed by atoms with Crippen LogP contribution in [-0.4, -0.2) is 20.9 Å². The van der Waals surface area contributed by atoms with Crippen molar-refractivity contribution in [2.24, 2.45) is 10.8 Å². The topological polar surface area (TPSA) is 6.48 Å². The molecule has 0 aromatic rings. The molecular weight excluding hydrogens is 400 g/mol. The van der Waals surface area contributed by atoms with Crippen molar-refractivity contribution >= 4 is 9.19 Å². The van der Waals surface area contributed by atoms with Crippen LogP contribution in [0.3, 0.4) is 0 Å². The molecule has 0 unspecified atom stereocenters. The van der Waals surface area contributed by atoms with Gasteiger partial charge in [0, 0.05) is 11.1 Å². The van der Waals surface area contributed by atoms with Crippen molar-refractivity contribution in [3.8, 4) is 0 Å². The van der Waals surface area contributed by atoms with E-state index in [4.69, 9.17) is 0 Å². The third-order valence-corrected chi connectivity index (χ3v) is 3.96. The van der Waals surface area contributed by atoms with Crippen molar-refractivity contribution in [2.45, 2.75) is 93.2 Å². The summed E-state index contributed by atoms with van der Waals surface area (Å²) in [6, 6.07) is 0. The fraction of sp³-hybridized carbons (Fsp3) is 0.842. The molecular formula is C19H37AgClN2-. The van der Waals surface area contributed by atoms with Gasteiger partial charge in [-0.2, -0.15) is 6.67 Å². The van der Waals surface area contributed by atoms with E-state index in [1.807, 2.05) is 0 Å². The van der Waals surface area contributed by atoms with Gasteiger partial charge in [-0.1, -0.05) is 41.5 Å². The van der Waals surface area contributed by atoms with Gasteiger partial charge in [-0.15, -0.1) is 0 Å². The first-order valence-electron chi connectivity index (χ1n) is 8.34. The van der Waals surface area contributed by atoms with Crippen molar-refractivity contribution in [3.05, 3.63) is 19.1 Å². The minimum absolute atomic E-state index is 0.140. The maximum absolute atomic E-state index is 4.45. The Balaban J connectivity index is 0.00000232. The molecule has 4 heteroatoms. The molecule has 0 saturated carbocycles. The fourth-order valence-corrected chi connectivity index (χ4v) is 3.85. The average molecular weight is 437 g/mol. The first kappa shape index (κ1) is 23.4. The Bertz CT molecular complexity index is 353. The van der Waals surface area contributed by atoms with Crippen molar-refractivity contribution in [1.82, 2.24) is 9.80 Å². The first-order valence-corrected chi connectivity index (χ1v) is 10.3. The Morgan fingerprint density at radius 2 is 0.957 bits per heavy atom. The van der Waals surface area contributed by atoms with Gasteiger partial charge >= 0.3 is 29.2 Å². The summed E-state index contributed by atoms with van der Waals surface area (Å²) >= 11 is 2.42. The molecule has 0 saturated heterocycles. The zero-order valence-electron chi connectivity index (χ0n) is 16.7. The molecule has 0 bridgehead atoms. The molecule has 0 fully saturated rings. The summed E-state index contributed by atoms with van der Waals surface area (Å²) in [5, 5.41) is 0. The SMILES string of the molecule is CC(C)(C)CC(C)(C)N1C=CN(C(C)(C)CC(C)(C)C)[CH-]1.[Cl][Ag]. The van der Waals surface area contributed by atoms with Crippen LogP contribution >= 0.6 is 9.19 Å². The summed E-state index contributed by atoms with van der Waals surface area (Å²) in [5.74, 6) is 0. The van der Waals surface area contributed by atoms with Crippen LogP contribution in [0.1, 0.15) is 82.1 Å². The molecule has 0 aromatic heterocycles. The van der Waals surface area contributed by atoms with Crippen molar-refractivity contribution in [3.63, 3.8) is 0 Å². The number of rotatable bonds is 4. The van der Waals surface area contributed by atoms with Crippen LogP contribution in [0.5, 0.6) is 0 Å². The normalized spacial score (nSPS) is 16.6. The second-order valence-electron chi connectivity index (χ2n) is 10.3. The summed E-state index contributed by atoms with van der Waals surface area (Å²) in [7, 11) is 4.45. The molecule has 0 N–H and O–H groups in total. The average Bonchev–Trinajstić information content (AvgIpc) is 2.75. The Labute approximate surface area is 161 Å². The second kappa shape index (κ2) is 8.17. The minimum atomic E-state index is 0.140. The van der Waals surface area contributed by atoms with Crippen LogP contribution in [0.4, 0.5) is 0 Å². The number of hydrogen-bond acceptors (Lipinski definition) is 2. The van der Waals surface area contributed by atoms with E-state index in [9.17, 15) is 0 Å². The second-order valence-corrected chi connectivity index (χ2v) is 10.3. The Morgan fingerprint density at radius 1 is 0.696 bits per heavy atom. The summed E-state index contributed by atoms with van der Waals surface area (Å²) in [6.45, 7) is 25.5. The maximum atomic E-state index is 4.45. The summed E-state index contributed by atoms with van der Waals surface area (Å²) < 4.78 is 0. The van der Waals surface area contributed by atoms with Gasteiger partial charge < -0.3 is 9.80 Å². The van der Waals surface area contributed by atoms with E-state index < -0.39 is 0 Å². The molecule has 1 aliphatic rings. The van der Waals surface area contributed by atoms with E-state index >= 15 is 0 Å². The molecule has 1 heterocycles. The molecule has 0 amide bonds. The number of nitrogens with zero attached hydrogens (tertiary/aromatic N) is 2. The van der Waals surface area contributed by atoms with E-state index in [0.717, 1.165) is 12.8 Å². The molecule has 0 aliphatic carbocycles. The van der Waals surface area contributed by atoms with Gasteiger partial charge in [0.1, 0.15) is 0 Å². The van der Waals surface area contributed by atoms with Crippen molar-refractivity contribution in [1.29, 1.82) is 0 Å². The molecule has 0 radical (unpaired) electrons. The fourth-order valence-electron chi connectivity index (χ4n) is 3.85. The van der Waals surface area contributed by atoms with Crippen LogP contribution in [0.2, 0.25) is 0 Å². The molecule has 1 rings (SSSR count). The van der Waals surface area contributed by atoms with Crippen molar-refractivity contribution in [2.75, 3.05) is 0 Å². The third kappa shape index (κ3) is 8.34. The molecule has 1 aliphatic heterocycles. The van der Waals surface area contributed by atoms with E-state index in [2.05, 4.69) is 127 Å². The first-order chi connectivity index (χ1) is 10.1. The number of hydrogen-bond donors (Lipinski definition) is 0. The monoisotopic (exact) mass is 435 g/mol. The van der Waals surface area contributed by atoms with E-state index in [1.165, 1.54) is 0 Å². The predicted octanol–water partition coefficient (Wildman–Crippen LogP) is 6.31. The quantitative estimate of drug-likeness (QED) is 0.376. The van der Waals surface area contributed by atoms with E-state index in [-0.39, 0.29) is 11.1 Å².